The zero-order chi connectivity index (χ0) is 15.7. The van der Waals surface area contributed by atoms with E-state index in [0.717, 1.165) is 13.1 Å². The van der Waals surface area contributed by atoms with E-state index in [1.165, 1.54) is 17.9 Å². The van der Waals surface area contributed by atoms with Gasteiger partial charge in [0.1, 0.15) is 12.4 Å². The van der Waals surface area contributed by atoms with Crippen LogP contribution in [-0.4, -0.2) is 44.3 Å². The van der Waals surface area contributed by atoms with Gasteiger partial charge in [0.15, 0.2) is 0 Å². The molecule has 2 fully saturated rings. The van der Waals surface area contributed by atoms with Crippen LogP contribution < -0.4 is 15.5 Å². The number of benzene rings is 1. The third kappa shape index (κ3) is 2.76. The summed E-state index contributed by atoms with van der Waals surface area (Å²) in [6.07, 6.45) is -0.521. The van der Waals surface area contributed by atoms with Crippen LogP contribution in [0.2, 0.25) is 0 Å². The van der Waals surface area contributed by atoms with Crippen LogP contribution in [0.25, 0.3) is 0 Å². The molecular formula is C15H18FN3O3. The average Bonchev–Trinajstić information content (AvgIpc) is 2.78. The van der Waals surface area contributed by atoms with Crippen molar-refractivity contribution in [1.29, 1.82) is 0 Å². The Labute approximate surface area is 127 Å². The first-order valence-corrected chi connectivity index (χ1v) is 7.27. The first kappa shape index (κ1) is 14.8. The van der Waals surface area contributed by atoms with E-state index < -0.39 is 6.09 Å². The molecule has 1 aromatic rings. The predicted molar refractivity (Wildman–Crippen MR) is 78.3 cm³/mol. The number of cyclic esters (lactones) is 1. The zero-order valence-electron chi connectivity index (χ0n) is 12.3. The Morgan fingerprint density at radius 1 is 1.50 bits per heavy atom. The van der Waals surface area contributed by atoms with Crippen LogP contribution in [0.5, 0.6) is 0 Å². The molecule has 0 radical (unpaired) electrons. The molecule has 1 atom stereocenters. The second-order valence-electron chi connectivity index (χ2n) is 5.60. The lowest BCUT2D eigenvalue weighted by molar-refractivity contribution is -0.119. The van der Waals surface area contributed by atoms with E-state index in [4.69, 9.17) is 4.74 Å². The first-order valence-electron chi connectivity index (χ1n) is 7.27. The molecule has 1 aromatic carbocycles. The minimum absolute atomic E-state index is 0.176. The molecule has 2 aliphatic heterocycles. The Balaban J connectivity index is 1.79. The smallest absolute Gasteiger partial charge is 0.414 e. The van der Waals surface area contributed by atoms with Gasteiger partial charge in [-0.2, -0.15) is 0 Å². The summed E-state index contributed by atoms with van der Waals surface area (Å²) in [6, 6.07) is 4.48. The number of rotatable bonds is 4. The van der Waals surface area contributed by atoms with Crippen LogP contribution >= 0.6 is 0 Å². The lowest BCUT2D eigenvalue weighted by Crippen LogP contribution is -2.42. The normalized spacial score (nSPS) is 21.5. The van der Waals surface area contributed by atoms with Crippen molar-refractivity contribution in [3.05, 3.63) is 29.6 Å². The topological polar surface area (TPSA) is 70.7 Å². The van der Waals surface area contributed by atoms with E-state index in [-0.39, 0.29) is 36.8 Å². The van der Waals surface area contributed by atoms with Gasteiger partial charge in [-0.1, -0.05) is 6.07 Å². The van der Waals surface area contributed by atoms with Crippen LogP contribution in [0.1, 0.15) is 18.4 Å². The van der Waals surface area contributed by atoms with Gasteiger partial charge in [0.25, 0.3) is 0 Å². The third-order valence-corrected chi connectivity index (χ3v) is 4.03. The van der Waals surface area contributed by atoms with Gasteiger partial charge in [-0.05, 0) is 17.7 Å². The molecule has 0 bridgehead atoms. The van der Waals surface area contributed by atoms with E-state index >= 15 is 0 Å². The van der Waals surface area contributed by atoms with Gasteiger partial charge >= 0.3 is 6.09 Å². The molecule has 2 N–H and O–H groups in total. The molecule has 0 spiro atoms. The lowest BCUT2D eigenvalue weighted by Gasteiger charge is -2.28. The summed E-state index contributed by atoms with van der Waals surface area (Å²) in [7, 11) is 0. The molecule has 2 saturated heterocycles. The number of nitrogens with zero attached hydrogens (tertiary/aromatic N) is 1. The predicted octanol–water partition coefficient (Wildman–Crippen LogP) is 0.974. The Morgan fingerprint density at radius 2 is 2.27 bits per heavy atom. The summed E-state index contributed by atoms with van der Waals surface area (Å²) in [5.41, 5.74) is 1.11. The van der Waals surface area contributed by atoms with Crippen LogP contribution in [0.3, 0.4) is 0 Å². The fourth-order valence-corrected chi connectivity index (χ4v) is 2.69. The van der Waals surface area contributed by atoms with Crippen molar-refractivity contribution in [1.82, 2.24) is 10.6 Å². The van der Waals surface area contributed by atoms with Crippen molar-refractivity contribution in [2.24, 2.45) is 0 Å². The number of carbonyl (C=O) groups is 2. The van der Waals surface area contributed by atoms with E-state index in [2.05, 4.69) is 10.6 Å². The van der Waals surface area contributed by atoms with Gasteiger partial charge in [-0.15, -0.1) is 0 Å². The Bertz CT molecular complexity index is 604. The number of carbonyl (C=O) groups excluding carboxylic acids is 2. The zero-order valence-corrected chi connectivity index (χ0v) is 12.3. The maximum atomic E-state index is 14.3. The standard InChI is InChI=1S/C15H18FN3O3/c1-9(20)18-7-12-8-22-15(21)19(12)11-2-3-13(14(16)4-11)10-5-17-6-10/h2-4,10,12,17H,5-8H2,1H3,(H,18,20)/t12-/m0/s1. The van der Waals surface area contributed by atoms with Crippen molar-refractivity contribution >= 4 is 17.7 Å². The van der Waals surface area contributed by atoms with Crippen molar-refractivity contribution in [2.75, 3.05) is 31.1 Å². The van der Waals surface area contributed by atoms with Gasteiger partial charge in [-0.25, -0.2) is 9.18 Å². The molecule has 7 heteroatoms. The van der Waals surface area contributed by atoms with E-state index in [9.17, 15) is 14.0 Å². The van der Waals surface area contributed by atoms with Gasteiger partial charge < -0.3 is 15.4 Å². The maximum Gasteiger partial charge on any atom is 0.414 e. The van der Waals surface area contributed by atoms with Crippen molar-refractivity contribution in [2.45, 2.75) is 18.9 Å². The van der Waals surface area contributed by atoms with Crippen LogP contribution in [0.15, 0.2) is 18.2 Å². The quantitative estimate of drug-likeness (QED) is 0.870. The summed E-state index contributed by atoms with van der Waals surface area (Å²) in [5.74, 6) is -0.310. The van der Waals surface area contributed by atoms with E-state index in [1.54, 1.807) is 12.1 Å². The monoisotopic (exact) mass is 307 g/mol. The van der Waals surface area contributed by atoms with Crippen LogP contribution in [-0.2, 0) is 9.53 Å². The summed E-state index contributed by atoms with van der Waals surface area (Å²) < 4.78 is 19.3. The summed E-state index contributed by atoms with van der Waals surface area (Å²) in [4.78, 5) is 24.3. The van der Waals surface area contributed by atoms with Gasteiger partial charge in [0.2, 0.25) is 5.91 Å². The number of halogens is 1. The molecular weight excluding hydrogens is 289 g/mol. The largest absolute Gasteiger partial charge is 0.447 e. The van der Waals surface area contributed by atoms with Gasteiger partial charge in [-0.3, -0.25) is 9.69 Å². The number of amides is 2. The SMILES string of the molecule is CC(=O)NC[C@H]1COC(=O)N1c1ccc(C2CNC2)c(F)c1. The number of ether oxygens (including phenoxy) is 1. The summed E-state index contributed by atoms with van der Waals surface area (Å²) in [5, 5.41) is 5.76. The van der Waals surface area contributed by atoms with E-state index in [0.29, 0.717) is 11.3 Å². The molecule has 3 rings (SSSR count). The molecule has 2 aliphatic rings. The fraction of sp³-hybridized carbons (Fsp3) is 0.467. The van der Waals surface area contributed by atoms with Crippen LogP contribution in [0, 0.1) is 5.82 Å². The second-order valence-corrected chi connectivity index (χ2v) is 5.60. The first-order chi connectivity index (χ1) is 10.6. The minimum Gasteiger partial charge on any atom is -0.447 e. The number of hydrogen-bond acceptors (Lipinski definition) is 4. The molecule has 2 amide bonds. The summed E-state index contributed by atoms with van der Waals surface area (Å²) >= 11 is 0. The Morgan fingerprint density at radius 3 is 2.86 bits per heavy atom. The number of anilines is 1. The third-order valence-electron chi connectivity index (χ3n) is 4.03. The molecule has 0 aliphatic carbocycles. The molecule has 118 valence electrons. The molecule has 6 nitrogen and oxygen atoms in total. The number of nitrogens with one attached hydrogen (secondary N) is 2. The number of hydrogen-bond donors (Lipinski definition) is 2. The van der Waals surface area contributed by atoms with Gasteiger partial charge in [0.05, 0.1) is 11.7 Å². The molecule has 22 heavy (non-hydrogen) atoms. The Kier molecular flexibility index (Phi) is 3.98. The molecule has 0 saturated carbocycles. The highest BCUT2D eigenvalue weighted by Crippen LogP contribution is 2.29. The van der Waals surface area contributed by atoms with E-state index in [1.807, 2.05) is 0 Å². The highest BCUT2D eigenvalue weighted by molar-refractivity contribution is 5.90. The van der Waals surface area contributed by atoms with Crippen molar-refractivity contribution < 1.29 is 18.7 Å². The lowest BCUT2D eigenvalue weighted by atomic mass is 9.93. The highest BCUT2D eigenvalue weighted by atomic mass is 19.1. The molecule has 0 aromatic heterocycles. The average molecular weight is 307 g/mol. The minimum atomic E-state index is -0.521. The van der Waals surface area contributed by atoms with Crippen LogP contribution in [0.4, 0.5) is 14.9 Å². The summed E-state index contributed by atoms with van der Waals surface area (Å²) in [6.45, 7) is 3.40. The maximum absolute atomic E-state index is 14.3. The fourth-order valence-electron chi connectivity index (χ4n) is 2.69. The molecule has 2 heterocycles. The highest BCUT2D eigenvalue weighted by Gasteiger charge is 2.35. The van der Waals surface area contributed by atoms with Gasteiger partial charge in [0, 0.05) is 32.5 Å². The van der Waals surface area contributed by atoms with Crippen molar-refractivity contribution in [3.8, 4) is 0 Å². The Hall–Kier alpha value is -2.15. The van der Waals surface area contributed by atoms with Crippen molar-refractivity contribution in [3.63, 3.8) is 0 Å². The second kappa shape index (κ2) is 5.92. The molecule has 0 unspecified atom stereocenters.